The molecule has 1 atom stereocenters. The van der Waals surface area contributed by atoms with E-state index < -0.39 is 5.60 Å². The lowest BCUT2D eigenvalue weighted by molar-refractivity contribution is -0.0236. The number of aliphatic hydroxyl groups is 1. The van der Waals surface area contributed by atoms with E-state index in [1.807, 2.05) is 11.8 Å². The average molecular weight is 463 g/mol. The smallest absolute Gasteiger partial charge is 0.191 e. The maximum absolute atomic E-state index is 13.9. The van der Waals surface area contributed by atoms with Crippen molar-refractivity contribution in [1.29, 1.82) is 0 Å². The second-order valence-electron chi connectivity index (χ2n) is 6.66. The van der Waals surface area contributed by atoms with Gasteiger partial charge in [0.25, 0.3) is 0 Å². The molecule has 2 aliphatic rings. The van der Waals surface area contributed by atoms with Crippen LogP contribution >= 0.6 is 24.0 Å². The first-order valence-electron chi connectivity index (χ1n) is 8.72. The van der Waals surface area contributed by atoms with Gasteiger partial charge in [0, 0.05) is 31.9 Å². The van der Waals surface area contributed by atoms with Gasteiger partial charge in [-0.15, -0.1) is 24.0 Å². The van der Waals surface area contributed by atoms with Crippen LogP contribution in [0.4, 0.5) is 10.2 Å². The fraction of sp³-hybridized carbons (Fsp3) is 0.647. The number of aromatic nitrogens is 1. The number of hydrogen-bond acceptors (Lipinski definition) is 4. The van der Waals surface area contributed by atoms with E-state index in [1.165, 1.54) is 6.07 Å². The Labute approximate surface area is 165 Å². The fourth-order valence-corrected chi connectivity index (χ4v) is 3.16. The van der Waals surface area contributed by atoms with Crippen molar-refractivity contribution in [2.24, 2.45) is 4.99 Å². The molecule has 1 aliphatic heterocycles. The fourth-order valence-electron chi connectivity index (χ4n) is 3.16. The van der Waals surface area contributed by atoms with Crippen molar-refractivity contribution in [1.82, 2.24) is 15.6 Å². The highest BCUT2D eigenvalue weighted by Gasteiger charge is 2.34. The van der Waals surface area contributed by atoms with Gasteiger partial charge in [0.05, 0.1) is 12.1 Å². The topological polar surface area (TPSA) is 72.8 Å². The highest BCUT2D eigenvalue weighted by atomic mass is 127. The van der Waals surface area contributed by atoms with Crippen molar-refractivity contribution >= 4 is 35.8 Å². The van der Waals surface area contributed by atoms with Crippen LogP contribution in [0, 0.1) is 5.82 Å². The Hall–Kier alpha value is -1.16. The molecule has 1 aromatic heterocycles. The van der Waals surface area contributed by atoms with Gasteiger partial charge < -0.3 is 20.6 Å². The average Bonchev–Trinajstić information content (AvgIpc) is 3.00. The molecule has 6 nitrogen and oxygen atoms in total. The number of halogens is 2. The lowest BCUT2D eigenvalue weighted by Gasteiger charge is -2.35. The number of nitrogens with one attached hydrogen (secondary N) is 2. The molecule has 0 radical (unpaired) electrons. The maximum Gasteiger partial charge on any atom is 0.191 e. The van der Waals surface area contributed by atoms with Crippen molar-refractivity contribution in [3.05, 3.63) is 24.1 Å². The molecular formula is C17H27FIN5O. The van der Waals surface area contributed by atoms with Crippen LogP contribution in [-0.4, -0.2) is 53.9 Å². The molecule has 1 aromatic rings. The highest BCUT2D eigenvalue weighted by Crippen LogP contribution is 2.31. The second kappa shape index (κ2) is 8.98. The molecule has 2 heterocycles. The summed E-state index contributed by atoms with van der Waals surface area (Å²) in [4.78, 5) is 10.6. The summed E-state index contributed by atoms with van der Waals surface area (Å²) in [5, 5.41) is 16.8. The SMILES string of the molecule is CCNC(=NCC1(O)CCC1)NC1CCN(c2ncccc2F)C1.I. The van der Waals surface area contributed by atoms with Crippen molar-refractivity contribution in [2.45, 2.75) is 44.2 Å². The Morgan fingerprint density at radius 3 is 2.96 bits per heavy atom. The van der Waals surface area contributed by atoms with Crippen LogP contribution in [0.15, 0.2) is 23.3 Å². The number of anilines is 1. The molecule has 140 valence electrons. The quantitative estimate of drug-likeness (QED) is 0.354. The predicted molar refractivity (Wildman–Crippen MR) is 108 cm³/mol. The number of aliphatic imine (C=N–C) groups is 1. The summed E-state index contributed by atoms with van der Waals surface area (Å²) in [6.45, 7) is 4.64. The summed E-state index contributed by atoms with van der Waals surface area (Å²) in [7, 11) is 0. The molecule has 25 heavy (non-hydrogen) atoms. The van der Waals surface area contributed by atoms with Gasteiger partial charge in [0.1, 0.15) is 0 Å². The Bertz CT molecular complexity index is 596. The van der Waals surface area contributed by atoms with E-state index >= 15 is 0 Å². The molecule has 1 saturated carbocycles. The summed E-state index contributed by atoms with van der Waals surface area (Å²) >= 11 is 0. The van der Waals surface area contributed by atoms with E-state index in [4.69, 9.17) is 0 Å². The van der Waals surface area contributed by atoms with Gasteiger partial charge in [0.2, 0.25) is 0 Å². The van der Waals surface area contributed by atoms with Gasteiger partial charge in [-0.3, -0.25) is 4.99 Å². The minimum Gasteiger partial charge on any atom is -0.388 e. The van der Waals surface area contributed by atoms with E-state index in [0.717, 1.165) is 38.8 Å². The maximum atomic E-state index is 13.9. The third-order valence-corrected chi connectivity index (χ3v) is 4.73. The minimum atomic E-state index is -0.624. The van der Waals surface area contributed by atoms with Gasteiger partial charge >= 0.3 is 0 Å². The molecule has 0 bridgehead atoms. The standard InChI is InChI=1S/C17H26FN5O.HI/c1-2-19-16(21-12-17(24)7-4-8-17)22-13-6-10-23(11-13)15-14(18)5-3-9-20-15;/h3,5,9,13,24H,2,4,6-8,10-12H2,1H3,(H2,19,21,22);1H. The Morgan fingerprint density at radius 2 is 2.32 bits per heavy atom. The number of pyridine rings is 1. The molecule has 0 aromatic carbocycles. The molecule has 0 amide bonds. The molecule has 1 aliphatic carbocycles. The third kappa shape index (κ3) is 5.16. The number of guanidine groups is 1. The lowest BCUT2D eigenvalue weighted by atomic mass is 9.80. The van der Waals surface area contributed by atoms with Crippen LogP contribution in [0.1, 0.15) is 32.6 Å². The summed E-state index contributed by atoms with van der Waals surface area (Å²) < 4.78 is 13.9. The molecule has 0 spiro atoms. The highest BCUT2D eigenvalue weighted by molar-refractivity contribution is 14.0. The van der Waals surface area contributed by atoms with Crippen LogP contribution in [0.5, 0.6) is 0 Å². The van der Waals surface area contributed by atoms with E-state index in [9.17, 15) is 9.50 Å². The first kappa shape index (κ1) is 20.2. The van der Waals surface area contributed by atoms with E-state index in [2.05, 4.69) is 20.6 Å². The molecular weight excluding hydrogens is 436 g/mol. The van der Waals surface area contributed by atoms with Crippen molar-refractivity contribution in [2.75, 3.05) is 31.1 Å². The summed E-state index contributed by atoms with van der Waals surface area (Å²) in [5.41, 5.74) is -0.624. The summed E-state index contributed by atoms with van der Waals surface area (Å²) in [6.07, 6.45) is 5.23. The summed E-state index contributed by atoms with van der Waals surface area (Å²) in [6, 6.07) is 3.22. The van der Waals surface area contributed by atoms with E-state index in [0.29, 0.717) is 24.9 Å². The molecule has 2 fully saturated rings. The largest absolute Gasteiger partial charge is 0.388 e. The number of hydrogen-bond donors (Lipinski definition) is 3. The van der Waals surface area contributed by atoms with Crippen LogP contribution in [-0.2, 0) is 0 Å². The predicted octanol–water partition coefficient (Wildman–Crippen LogP) is 1.89. The molecule has 3 N–H and O–H groups in total. The first-order valence-corrected chi connectivity index (χ1v) is 8.72. The van der Waals surface area contributed by atoms with Gasteiger partial charge in [0.15, 0.2) is 17.6 Å². The Balaban J connectivity index is 0.00000225. The summed E-state index contributed by atoms with van der Waals surface area (Å²) in [5.74, 6) is 0.838. The van der Waals surface area contributed by atoms with Crippen LogP contribution in [0.3, 0.4) is 0 Å². The van der Waals surface area contributed by atoms with Crippen molar-refractivity contribution in [3.8, 4) is 0 Å². The van der Waals surface area contributed by atoms with E-state index in [-0.39, 0.29) is 35.8 Å². The van der Waals surface area contributed by atoms with Crippen LogP contribution in [0.2, 0.25) is 0 Å². The van der Waals surface area contributed by atoms with Gasteiger partial charge in [-0.2, -0.15) is 0 Å². The minimum absolute atomic E-state index is 0. The zero-order valence-corrected chi connectivity index (χ0v) is 16.9. The Morgan fingerprint density at radius 1 is 1.52 bits per heavy atom. The number of nitrogens with zero attached hydrogens (tertiary/aromatic N) is 3. The third-order valence-electron chi connectivity index (χ3n) is 4.73. The van der Waals surface area contributed by atoms with Gasteiger partial charge in [-0.05, 0) is 44.7 Å². The van der Waals surface area contributed by atoms with Crippen LogP contribution in [0.25, 0.3) is 0 Å². The zero-order valence-electron chi connectivity index (χ0n) is 14.5. The van der Waals surface area contributed by atoms with E-state index in [1.54, 1.807) is 12.3 Å². The van der Waals surface area contributed by atoms with Gasteiger partial charge in [-0.1, -0.05) is 0 Å². The number of rotatable bonds is 5. The normalized spacial score (nSPS) is 22.1. The zero-order chi connectivity index (χ0) is 17.0. The van der Waals surface area contributed by atoms with Gasteiger partial charge in [-0.25, -0.2) is 9.37 Å². The first-order chi connectivity index (χ1) is 11.6. The lowest BCUT2D eigenvalue weighted by Crippen LogP contribution is -2.46. The molecule has 1 unspecified atom stereocenters. The molecule has 1 saturated heterocycles. The van der Waals surface area contributed by atoms with Crippen molar-refractivity contribution < 1.29 is 9.50 Å². The second-order valence-corrected chi connectivity index (χ2v) is 6.66. The van der Waals surface area contributed by atoms with Crippen molar-refractivity contribution in [3.63, 3.8) is 0 Å². The molecule has 3 rings (SSSR count). The molecule has 8 heteroatoms. The van der Waals surface area contributed by atoms with Crippen LogP contribution < -0.4 is 15.5 Å². The monoisotopic (exact) mass is 463 g/mol. The Kier molecular flexibility index (Phi) is 7.24.